The van der Waals surface area contributed by atoms with Gasteiger partial charge in [-0.25, -0.2) is 4.99 Å². The molecule has 0 spiro atoms. The lowest BCUT2D eigenvalue weighted by Crippen LogP contribution is -2.40. The molecule has 2 saturated carbocycles. The molecule has 1 aromatic rings. The number of rotatable bonds is 6. The van der Waals surface area contributed by atoms with E-state index in [1.807, 2.05) is 0 Å². The number of hydrogen-bond donors (Lipinski definition) is 3. The monoisotopic (exact) mass is 333 g/mol. The number of aliphatic imine (C=N–C) groups is 1. The summed E-state index contributed by atoms with van der Waals surface area (Å²) in [6.07, 6.45) is 9.82. The first-order valence-electron chi connectivity index (χ1n) is 9.41. The van der Waals surface area contributed by atoms with Crippen LogP contribution < -0.4 is 10.6 Å². The highest BCUT2D eigenvalue weighted by Gasteiger charge is 2.43. The Balaban J connectivity index is 1.55. The second kappa shape index (κ2) is 7.60. The standard InChI is InChI=1S/C19H31N3O2/c1-3-20-18(21-13-19(2,23)17-10-7-11-24-17)22-16-12-15(16)14-8-5-4-6-9-14/h7,10-11,14-16,23H,3-6,8-9,12-13H2,1-2H3,(H2,20,21,22). The molecule has 0 radical (unpaired) electrons. The van der Waals surface area contributed by atoms with E-state index in [9.17, 15) is 5.11 Å². The smallest absolute Gasteiger partial charge is 0.191 e. The van der Waals surface area contributed by atoms with Crippen molar-refractivity contribution < 1.29 is 9.52 Å². The van der Waals surface area contributed by atoms with Crippen LogP contribution in [0.15, 0.2) is 27.8 Å². The van der Waals surface area contributed by atoms with Gasteiger partial charge in [-0.05, 0) is 44.2 Å². The fourth-order valence-electron chi connectivity index (χ4n) is 3.86. The second-order valence-electron chi connectivity index (χ2n) is 7.49. The van der Waals surface area contributed by atoms with Crippen LogP contribution in [0, 0.1) is 11.8 Å². The maximum absolute atomic E-state index is 10.5. The predicted molar refractivity (Wildman–Crippen MR) is 95.9 cm³/mol. The van der Waals surface area contributed by atoms with Gasteiger partial charge < -0.3 is 20.2 Å². The Bertz CT molecular complexity index is 533. The summed E-state index contributed by atoms with van der Waals surface area (Å²) in [5, 5.41) is 17.4. The highest BCUT2D eigenvalue weighted by atomic mass is 16.4. The van der Waals surface area contributed by atoms with Crippen LogP contribution in [-0.4, -0.2) is 30.2 Å². The van der Waals surface area contributed by atoms with E-state index in [4.69, 9.17) is 4.42 Å². The summed E-state index contributed by atoms with van der Waals surface area (Å²) in [5.41, 5.74) is -1.09. The van der Waals surface area contributed by atoms with Crippen molar-refractivity contribution in [3.8, 4) is 0 Å². The maximum atomic E-state index is 10.5. The molecule has 5 heteroatoms. The minimum atomic E-state index is -1.09. The number of nitrogens with zero attached hydrogens (tertiary/aromatic N) is 1. The van der Waals surface area contributed by atoms with Crippen molar-refractivity contribution in [2.45, 2.75) is 64.0 Å². The van der Waals surface area contributed by atoms with Crippen molar-refractivity contribution in [3.63, 3.8) is 0 Å². The quantitative estimate of drug-likeness (QED) is 0.553. The van der Waals surface area contributed by atoms with Crippen molar-refractivity contribution in [3.05, 3.63) is 24.2 Å². The lowest BCUT2D eigenvalue weighted by molar-refractivity contribution is 0.0437. The van der Waals surface area contributed by atoms with Gasteiger partial charge in [0.2, 0.25) is 0 Å². The first kappa shape index (κ1) is 17.3. The molecule has 3 atom stereocenters. The Morgan fingerprint density at radius 1 is 1.38 bits per heavy atom. The van der Waals surface area contributed by atoms with Gasteiger partial charge in [0.25, 0.3) is 0 Å². The Morgan fingerprint density at radius 3 is 2.83 bits per heavy atom. The van der Waals surface area contributed by atoms with E-state index >= 15 is 0 Å². The van der Waals surface area contributed by atoms with Gasteiger partial charge in [-0.3, -0.25) is 0 Å². The fourth-order valence-corrected chi connectivity index (χ4v) is 3.86. The van der Waals surface area contributed by atoms with Gasteiger partial charge in [-0.15, -0.1) is 0 Å². The third-order valence-corrected chi connectivity index (χ3v) is 5.36. The zero-order valence-corrected chi connectivity index (χ0v) is 14.9. The summed E-state index contributed by atoms with van der Waals surface area (Å²) in [7, 11) is 0. The van der Waals surface area contributed by atoms with Crippen molar-refractivity contribution in [2.75, 3.05) is 13.1 Å². The van der Waals surface area contributed by atoms with Crippen molar-refractivity contribution in [1.29, 1.82) is 0 Å². The Hall–Kier alpha value is -1.49. The number of furan rings is 1. The molecule has 0 saturated heterocycles. The van der Waals surface area contributed by atoms with Gasteiger partial charge in [0.15, 0.2) is 5.96 Å². The van der Waals surface area contributed by atoms with E-state index in [1.165, 1.54) is 38.5 Å². The average Bonchev–Trinajstić information content (AvgIpc) is 3.11. The number of guanidine groups is 1. The molecular formula is C19H31N3O2. The number of hydrogen-bond acceptors (Lipinski definition) is 3. The Morgan fingerprint density at radius 2 is 2.17 bits per heavy atom. The first-order valence-corrected chi connectivity index (χ1v) is 9.41. The van der Waals surface area contributed by atoms with Gasteiger partial charge in [0, 0.05) is 12.6 Å². The molecule has 5 nitrogen and oxygen atoms in total. The first-order chi connectivity index (χ1) is 11.6. The summed E-state index contributed by atoms with van der Waals surface area (Å²) in [4.78, 5) is 4.59. The molecule has 2 aliphatic carbocycles. The summed E-state index contributed by atoms with van der Waals surface area (Å²) in [6.45, 7) is 4.89. The molecule has 1 heterocycles. The molecule has 1 aromatic heterocycles. The summed E-state index contributed by atoms with van der Waals surface area (Å²) >= 11 is 0. The highest BCUT2D eigenvalue weighted by Crippen LogP contribution is 2.44. The lowest BCUT2D eigenvalue weighted by Gasteiger charge is -2.22. The zero-order chi connectivity index (χ0) is 17.0. The van der Waals surface area contributed by atoms with E-state index < -0.39 is 5.60 Å². The molecule has 3 rings (SSSR count). The molecule has 2 aliphatic rings. The van der Waals surface area contributed by atoms with Crippen LogP contribution in [0.1, 0.15) is 58.1 Å². The van der Waals surface area contributed by atoms with E-state index in [2.05, 4.69) is 22.5 Å². The van der Waals surface area contributed by atoms with Crippen LogP contribution in [0.25, 0.3) is 0 Å². The normalized spacial score (nSPS) is 27.5. The number of aliphatic hydroxyl groups is 1. The third kappa shape index (κ3) is 4.32. The van der Waals surface area contributed by atoms with E-state index in [0.29, 0.717) is 11.8 Å². The van der Waals surface area contributed by atoms with Gasteiger partial charge in [-0.2, -0.15) is 0 Å². The minimum Gasteiger partial charge on any atom is -0.466 e. The van der Waals surface area contributed by atoms with Gasteiger partial charge in [0.05, 0.1) is 12.8 Å². The Kier molecular flexibility index (Phi) is 5.49. The molecule has 3 unspecified atom stereocenters. The third-order valence-electron chi connectivity index (χ3n) is 5.36. The molecule has 0 aromatic carbocycles. The molecule has 134 valence electrons. The van der Waals surface area contributed by atoms with Gasteiger partial charge in [-0.1, -0.05) is 32.1 Å². The molecular weight excluding hydrogens is 302 g/mol. The fraction of sp³-hybridized carbons (Fsp3) is 0.737. The maximum Gasteiger partial charge on any atom is 0.191 e. The Labute approximate surface area is 144 Å². The van der Waals surface area contributed by atoms with Crippen LogP contribution in [0.4, 0.5) is 0 Å². The molecule has 0 bridgehead atoms. The zero-order valence-electron chi connectivity index (χ0n) is 14.9. The summed E-state index contributed by atoms with van der Waals surface area (Å²) in [5.74, 6) is 3.05. The second-order valence-corrected chi connectivity index (χ2v) is 7.49. The van der Waals surface area contributed by atoms with Crippen LogP contribution in [0.2, 0.25) is 0 Å². The molecule has 24 heavy (non-hydrogen) atoms. The van der Waals surface area contributed by atoms with Crippen LogP contribution in [-0.2, 0) is 5.60 Å². The molecule has 2 fully saturated rings. The lowest BCUT2D eigenvalue weighted by atomic mass is 9.85. The van der Waals surface area contributed by atoms with E-state index in [0.717, 1.165) is 24.3 Å². The van der Waals surface area contributed by atoms with Crippen molar-refractivity contribution in [2.24, 2.45) is 16.8 Å². The molecule has 0 aliphatic heterocycles. The van der Waals surface area contributed by atoms with Crippen molar-refractivity contribution in [1.82, 2.24) is 10.6 Å². The largest absolute Gasteiger partial charge is 0.466 e. The average molecular weight is 333 g/mol. The van der Waals surface area contributed by atoms with Gasteiger partial charge in [0.1, 0.15) is 11.4 Å². The van der Waals surface area contributed by atoms with Crippen LogP contribution in [0.3, 0.4) is 0 Å². The SMILES string of the molecule is CCNC(=NCC(C)(O)c1ccco1)NC1CC1C1CCCCC1. The predicted octanol–water partition coefficient (Wildman–Crippen LogP) is 3.01. The minimum absolute atomic E-state index is 0.274. The summed E-state index contributed by atoms with van der Waals surface area (Å²) < 4.78 is 5.32. The van der Waals surface area contributed by atoms with Crippen LogP contribution >= 0.6 is 0 Å². The van der Waals surface area contributed by atoms with Crippen molar-refractivity contribution >= 4 is 5.96 Å². The van der Waals surface area contributed by atoms with E-state index in [1.54, 1.807) is 25.3 Å². The summed E-state index contributed by atoms with van der Waals surface area (Å²) in [6, 6.07) is 4.12. The highest BCUT2D eigenvalue weighted by molar-refractivity contribution is 5.80. The van der Waals surface area contributed by atoms with E-state index in [-0.39, 0.29) is 6.54 Å². The molecule has 3 N–H and O–H groups in total. The number of nitrogens with one attached hydrogen (secondary N) is 2. The molecule has 0 amide bonds. The van der Waals surface area contributed by atoms with Crippen LogP contribution in [0.5, 0.6) is 0 Å². The van der Waals surface area contributed by atoms with Gasteiger partial charge >= 0.3 is 0 Å². The topological polar surface area (TPSA) is 69.8 Å².